The minimum absolute atomic E-state index is 0. The molecule has 0 N–H and O–H groups in total. The van der Waals surface area contributed by atoms with E-state index in [1.165, 1.54) is 199 Å². The zero-order valence-corrected chi connectivity index (χ0v) is 47.9. The van der Waals surface area contributed by atoms with Crippen molar-refractivity contribution < 1.29 is 2.85 Å². The second-order valence-electron chi connectivity index (χ2n) is 23.5. The van der Waals surface area contributed by atoms with E-state index in [9.17, 15) is 0 Å². The van der Waals surface area contributed by atoms with Crippen LogP contribution >= 0.6 is 0 Å². The predicted octanol–water partition coefficient (Wildman–Crippen LogP) is 23.9. The van der Waals surface area contributed by atoms with Gasteiger partial charge in [0.1, 0.15) is 0 Å². The normalized spacial score (nSPS) is 19.0. The number of rotatable bonds is 33. The predicted molar refractivity (Wildman–Crippen MR) is 292 cm³/mol. The summed E-state index contributed by atoms with van der Waals surface area (Å²) in [6, 6.07) is 0. The van der Waals surface area contributed by atoms with Crippen LogP contribution < -0.4 is 0 Å². The van der Waals surface area contributed by atoms with Gasteiger partial charge in [0.05, 0.1) is 0 Å². The van der Waals surface area contributed by atoms with Crippen molar-refractivity contribution in [3.63, 3.8) is 0 Å². The van der Waals surface area contributed by atoms with Gasteiger partial charge in [0.2, 0.25) is 0 Å². The van der Waals surface area contributed by atoms with Gasteiger partial charge in [0.25, 0.3) is 0 Å². The summed E-state index contributed by atoms with van der Waals surface area (Å²) < 4.78 is 0. The molecule has 0 bridgehead atoms. The molecule has 0 nitrogen and oxygen atoms in total. The Labute approximate surface area is 396 Å². The van der Waals surface area contributed by atoms with Crippen LogP contribution in [0.1, 0.15) is 354 Å². The third-order valence-electron chi connectivity index (χ3n) is 19.5. The highest BCUT2D eigenvalue weighted by Gasteiger charge is 2.60. The van der Waals surface area contributed by atoms with Gasteiger partial charge in [0.15, 0.2) is 0 Å². The van der Waals surface area contributed by atoms with E-state index in [1.54, 1.807) is 0 Å². The molecule has 0 heteroatoms. The van der Waals surface area contributed by atoms with Gasteiger partial charge >= 0.3 is 0 Å². The molecule has 1 fully saturated rings. The molecule has 6 atom stereocenters. The van der Waals surface area contributed by atoms with Crippen LogP contribution in [0.25, 0.3) is 0 Å². The van der Waals surface area contributed by atoms with Crippen LogP contribution in [0.2, 0.25) is 0 Å². The molecule has 0 aliphatic heterocycles. The standard InChI is InChI=1S/C28H58.C27H56.C4H8.C2H6.2H2/c1-11-16-20-21-25(6,7)27(9,23-18-13-3)28(10,24-19-14-4)26(8,15-5)22-17-12-2;1-11-16-20-24(6,7)26(9,22-18-13-3)27(10,23-19-14-4)25(8,15-5)21-17-12-2;1-2-4-3-1;1-2;;/h11-24H2,1-10H3;11-23H2,1-10H3;1-4H2;1-2H3;2*1H/i;;;;2*1+2. The van der Waals surface area contributed by atoms with E-state index in [4.69, 9.17) is 0 Å². The Morgan fingerprint density at radius 2 is 0.475 bits per heavy atom. The minimum atomic E-state index is 0. The van der Waals surface area contributed by atoms with E-state index >= 15 is 0 Å². The maximum atomic E-state index is 2.72. The highest BCUT2D eigenvalue weighted by molar-refractivity contribution is 5.09. The molecule has 0 saturated heterocycles. The quantitative estimate of drug-likeness (QED) is 0.0577. The zero-order chi connectivity index (χ0) is 47.9. The number of hydrogen-bond acceptors (Lipinski definition) is 0. The van der Waals surface area contributed by atoms with Crippen molar-refractivity contribution in [2.24, 2.45) is 43.3 Å². The van der Waals surface area contributed by atoms with Gasteiger partial charge in [-0.1, -0.05) is 300 Å². The summed E-state index contributed by atoms with van der Waals surface area (Å²) in [6.45, 7) is 54.5. The molecule has 0 heterocycles. The van der Waals surface area contributed by atoms with Crippen LogP contribution in [-0.2, 0) is 0 Å². The Bertz CT molecular complexity index is 993. The van der Waals surface area contributed by atoms with Gasteiger partial charge in [0, 0.05) is 2.85 Å². The van der Waals surface area contributed by atoms with Gasteiger partial charge in [-0.05, 0) is 94.7 Å². The Morgan fingerprint density at radius 1 is 0.262 bits per heavy atom. The molecule has 0 aromatic carbocycles. The Hall–Kier alpha value is 0. The maximum absolute atomic E-state index is 2.72. The molecule has 0 aromatic rings. The van der Waals surface area contributed by atoms with Crippen molar-refractivity contribution in [1.82, 2.24) is 0 Å². The van der Waals surface area contributed by atoms with Crippen LogP contribution in [0.5, 0.6) is 0 Å². The molecule has 61 heavy (non-hydrogen) atoms. The van der Waals surface area contributed by atoms with Crippen molar-refractivity contribution in [3.05, 3.63) is 0 Å². The SMILES string of the molecule is C1CCC1.CC.CCCCC(C)(C)C(C)(CCCC)C(C)(CCCC)C(C)(CC)CCCC.CCCCCC(C)(C)C(C)(CCCC)C(C)(CCCC)C(C)(CC)CCCC.[3HH].[3HH]. The van der Waals surface area contributed by atoms with Crippen molar-refractivity contribution in [3.8, 4) is 0 Å². The lowest BCUT2D eigenvalue weighted by atomic mass is 9.41. The van der Waals surface area contributed by atoms with E-state index in [0.717, 1.165) is 0 Å². The topological polar surface area (TPSA) is 0 Å². The second kappa shape index (κ2) is 33.5. The largest absolute Gasteiger partial charge is 0.0683 e. The first-order valence-corrected chi connectivity index (χ1v) is 28.6. The van der Waals surface area contributed by atoms with Crippen molar-refractivity contribution in [2.75, 3.05) is 0 Å². The molecule has 1 aliphatic carbocycles. The smallest absolute Gasteiger partial charge is 0 e. The molecular weight excluding hydrogens is 733 g/mol. The van der Waals surface area contributed by atoms with Gasteiger partial charge in [-0.25, -0.2) is 0 Å². The lowest BCUT2D eigenvalue weighted by Crippen LogP contribution is -2.56. The van der Waals surface area contributed by atoms with Crippen molar-refractivity contribution in [2.45, 2.75) is 351 Å². The molecule has 0 spiro atoms. The number of hydrogen-bond donors (Lipinski definition) is 0. The first-order valence-electron chi connectivity index (χ1n) is 28.6. The molecule has 376 valence electrons. The molecule has 0 radical (unpaired) electrons. The van der Waals surface area contributed by atoms with Crippen molar-refractivity contribution >= 4 is 0 Å². The summed E-state index contributed by atoms with van der Waals surface area (Å²) in [6.07, 6.45) is 42.8. The molecule has 6 unspecified atom stereocenters. The van der Waals surface area contributed by atoms with Crippen LogP contribution in [-0.4, -0.2) is 0 Å². The highest BCUT2D eigenvalue weighted by Crippen LogP contribution is 2.68. The van der Waals surface area contributed by atoms with Gasteiger partial charge in [-0.2, -0.15) is 0 Å². The van der Waals surface area contributed by atoms with Crippen molar-refractivity contribution in [1.29, 1.82) is 0 Å². The van der Waals surface area contributed by atoms with E-state index < -0.39 is 0 Å². The fraction of sp³-hybridized carbons (Fsp3) is 1.00. The van der Waals surface area contributed by atoms with E-state index in [1.807, 2.05) is 13.8 Å². The highest BCUT2D eigenvalue weighted by atomic mass is 14.6. The fourth-order valence-corrected chi connectivity index (χ4v) is 12.4. The summed E-state index contributed by atoms with van der Waals surface area (Å²) >= 11 is 0. The van der Waals surface area contributed by atoms with Gasteiger partial charge in [-0.3, -0.25) is 0 Å². The summed E-state index contributed by atoms with van der Waals surface area (Å²) in [5.74, 6) is 0. The van der Waals surface area contributed by atoms with E-state index in [-0.39, 0.29) is 2.85 Å². The summed E-state index contributed by atoms with van der Waals surface area (Å²) in [7, 11) is 0. The minimum Gasteiger partial charge on any atom is -0.0683 e. The van der Waals surface area contributed by atoms with E-state index in [0.29, 0.717) is 43.3 Å². The Kier molecular flexibility index (Phi) is 35.8. The lowest BCUT2D eigenvalue weighted by molar-refractivity contribution is -0.145. The summed E-state index contributed by atoms with van der Waals surface area (Å²) in [4.78, 5) is 0. The van der Waals surface area contributed by atoms with Gasteiger partial charge in [-0.15, -0.1) is 0 Å². The third kappa shape index (κ3) is 18.3. The van der Waals surface area contributed by atoms with Gasteiger partial charge < -0.3 is 0 Å². The first kappa shape index (κ1) is 65.3. The molecule has 0 amide bonds. The lowest BCUT2D eigenvalue weighted by Gasteiger charge is -2.63. The maximum Gasteiger partial charge on any atom is 0 e. The molecular formula is C61H132. The monoisotopic (exact) mass is 869 g/mol. The second-order valence-corrected chi connectivity index (χ2v) is 23.5. The average molecular weight is 870 g/mol. The average Bonchev–Trinajstić information content (AvgIpc) is 3.23. The molecule has 1 saturated carbocycles. The Morgan fingerprint density at radius 3 is 0.705 bits per heavy atom. The summed E-state index contributed by atoms with van der Waals surface area (Å²) in [5.41, 5.74) is 3.21. The molecule has 1 aliphatic rings. The van der Waals surface area contributed by atoms with E-state index in [2.05, 4.69) is 138 Å². The summed E-state index contributed by atoms with van der Waals surface area (Å²) in [5, 5.41) is 0. The fourth-order valence-electron chi connectivity index (χ4n) is 12.4. The third-order valence-corrected chi connectivity index (χ3v) is 19.5. The zero-order valence-electron chi connectivity index (χ0n) is 47.9. The molecule has 0 aromatic heterocycles. The Balaban J connectivity index is -0.000000305. The van der Waals surface area contributed by atoms with Crippen LogP contribution in [0.15, 0.2) is 0 Å². The molecule has 1 rings (SSSR count). The number of unbranched alkanes of at least 4 members (excludes halogenated alkanes) is 9. The van der Waals surface area contributed by atoms with Crippen LogP contribution in [0, 0.1) is 43.3 Å². The van der Waals surface area contributed by atoms with Crippen LogP contribution in [0.4, 0.5) is 0 Å². The first-order chi connectivity index (χ1) is 28.6. The van der Waals surface area contributed by atoms with Crippen LogP contribution in [0.3, 0.4) is 0 Å².